The molecule has 0 aromatic carbocycles. The smallest absolute Gasteiger partial charge is 0.0483 e. The van der Waals surface area contributed by atoms with Crippen LogP contribution in [0.15, 0.2) is 22.9 Å². The molecular weight excluding hydrogens is 290 g/mol. The Morgan fingerprint density at radius 3 is 2.78 bits per heavy atom. The molecule has 0 spiro atoms. The summed E-state index contributed by atoms with van der Waals surface area (Å²) in [6, 6.07) is 2.39. The molecule has 4 heteroatoms. The predicted octanol–water partition coefficient (Wildman–Crippen LogP) is 2.97. The lowest BCUT2D eigenvalue weighted by Gasteiger charge is -2.29. The summed E-state index contributed by atoms with van der Waals surface area (Å²) in [5.41, 5.74) is 7.15. The molecule has 3 nitrogen and oxygen atoms in total. The zero-order valence-electron chi connectivity index (χ0n) is 11.0. The van der Waals surface area contributed by atoms with Gasteiger partial charge in [0.15, 0.2) is 0 Å². The number of rotatable bonds is 5. The van der Waals surface area contributed by atoms with Crippen LogP contribution in [-0.4, -0.2) is 30.0 Å². The van der Waals surface area contributed by atoms with E-state index in [9.17, 15) is 0 Å². The molecule has 1 heterocycles. The fourth-order valence-corrected chi connectivity index (χ4v) is 3.29. The molecule has 0 saturated heterocycles. The second-order valence-electron chi connectivity index (χ2n) is 5.28. The predicted molar refractivity (Wildman–Crippen MR) is 78.3 cm³/mol. The number of likely N-dealkylation sites (N-methyl/N-ethyl adjacent to an activating group) is 1. The van der Waals surface area contributed by atoms with Gasteiger partial charge in [0.1, 0.15) is 0 Å². The van der Waals surface area contributed by atoms with E-state index in [0.717, 1.165) is 16.9 Å². The summed E-state index contributed by atoms with van der Waals surface area (Å²) in [6.07, 6.45) is 9.27. The average Bonchev–Trinajstić information content (AvgIpc) is 2.83. The van der Waals surface area contributed by atoms with Crippen molar-refractivity contribution in [3.05, 3.63) is 28.5 Å². The maximum absolute atomic E-state index is 5.95. The summed E-state index contributed by atoms with van der Waals surface area (Å²) in [6.45, 7) is 1.79. The molecule has 18 heavy (non-hydrogen) atoms. The third-order valence-electron chi connectivity index (χ3n) is 3.89. The minimum atomic E-state index is 0.274. The number of nitrogens with zero attached hydrogens (tertiary/aromatic N) is 2. The molecule has 1 saturated carbocycles. The first-order valence-corrected chi connectivity index (χ1v) is 7.50. The van der Waals surface area contributed by atoms with Crippen molar-refractivity contribution in [2.75, 3.05) is 20.1 Å². The van der Waals surface area contributed by atoms with Crippen molar-refractivity contribution in [1.29, 1.82) is 0 Å². The number of hydrogen-bond donors (Lipinski definition) is 1. The van der Waals surface area contributed by atoms with Crippen LogP contribution in [0, 0.1) is 5.92 Å². The standard InChI is InChI=1S/C14H22BrN3/c1-18(10-11-4-2-3-5-11)14(7-16)12-6-13(15)9-17-8-12/h6,8-9,11,14H,2-5,7,10,16H2,1H3. The highest BCUT2D eigenvalue weighted by atomic mass is 79.9. The Kier molecular flexibility index (Phi) is 5.15. The lowest BCUT2D eigenvalue weighted by atomic mass is 10.0. The topological polar surface area (TPSA) is 42.1 Å². The molecule has 2 N–H and O–H groups in total. The van der Waals surface area contributed by atoms with Crippen LogP contribution >= 0.6 is 15.9 Å². The van der Waals surface area contributed by atoms with E-state index >= 15 is 0 Å². The molecule has 0 amide bonds. The van der Waals surface area contributed by atoms with Crippen molar-refractivity contribution in [1.82, 2.24) is 9.88 Å². The van der Waals surface area contributed by atoms with Crippen LogP contribution in [0.4, 0.5) is 0 Å². The van der Waals surface area contributed by atoms with Gasteiger partial charge < -0.3 is 5.73 Å². The molecule has 0 bridgehead atoms. The quantitative estimate of drug-likeness (QED) is 0.909. The molecule has 1 unspecified atom stereocenters. The van der Waals surface area contributed by atoms with E-state index in [4.69, 9.17) is 5.73 Å². The zero-order valence-corrected chi connectivity index (χ0v) is 12.6. The molecule has 0 radical (unpaired) electrons. The van der Waals surface area contributed by atoms with Gasteiger partial charge in [-0.2, -0.15) is 0 Å². The Bertz CT molecular complexity index is 377. The minimum Gasteiger partial charge on any atom is -0.329 e. The van der Waals surface area contributed by atoms with Gasteiger partial charge in [0.05, 0.1) is 0 Å². The Morgan fingerprint density at radius 1 is 1.44 bits per heavy atom. The number of nitrogens with two attached hydrogens (primary N) is 1. The van der Waals surface area contributed by atoms with E-state index < -0.39 is 0 Å². The molecule has 1 atom stereocenters. The van der Waals surface area contributed by atoms with Crippen LogP contribution in [0.5, 0.6) is 0 Å². The van der Waals surface area contributed by atoms with Gasteiger partial charge in [-0.25, -0.2) is 0 Å². The van der Waals surface area contributed by atoms with Crippen LogP contribution in [0.25, 0.3) is 0 Å². The fraction of sp³-hybridized carbons (Fsp3) is 0.643. The van der Waals surface area contributed by atoms with Crippen LogP contribution in [0.1, 0.15) is 37.3 Å². The van der Waals surface area contributed by atoms with Crippen LogP contribution in [0.3, 0.4) is 0 Å². The second-order valence-corrected chi connectivity index (χ2v) is 6.19. The maximum Gasteiger partial charge on any atom is 0.0483 e. The maximum atomic E-state index is 5.95. The molecule has 1 aliphatic carbocycles. The molecule has 2 rings (SSSR count). The molecule has 1 aliphatic rings. The molecule has 1 aromatic heterocycles. The average molecular weight is 312 g/mol. The SMILES string of the molecule is CN(CC1CCCC1)C(CN)c1cncc(Br)c1. The molecule has 1 fully saturated rings. The third-order valence-corrected chi connectivity index (χ3v) is 4.32. The Labute approximate surface area is 118 Å². The van der Waals surface area contributed by atoms with Crippen molar-refractivity contribution in [2.24, 2.45) is 11.7 Å². The minimum absolute atomic E-state index is 0.274. The van der Waals surface area contributed by atoms with E-state index in [0.29, 0.717) is 6.54 Å². The Morgan fingerprint density at radius 2 is 2.17 bits per heavy atom. The number of halogens is 1. The van der Waals surface area contributed by atoms with E-state index in [1.807, 2.05) is 12.4 Å². The monoisotopic (exact) mass is 311 g/mol. The van der Waals surface area contributed by atoms with E-state index in [1.54, 1.807) is 0 Å². The first kappa shape index (κ1) is 14.0. The highest BCUT2D eigenvalue weighted by Crippen LogP contribution is 2.28. The number of hydrogen-bond acceptors (Lipinski definition) is 3. The van der Waals surface area contributed by atoms with Gasteiger partial charge in [-0.15, -0.1) is 0 Å². The van der Waals surface area contributed by atoms with Crippen molar-refractivity contribution >= 4 is 15.9 Å². The largest absolute Gasteiger partial charge is 0.329 e. The number of pyridine rings is 1. The summed E-state index contributed by atoms with van der Waals surface area (Å²) in [7, 11) is 2.18. The van der Waals surface area contributed by atoms with Gasteiger partial charge in [0, 0.05) is 36.0 Å². The first-order chi connectivity index (χ1) is 8.70. The molecule has 1 aromatic rings. The van der Waals surface area contributed by atoms with Gasteiger partial charge in [0.2, 0.25) is 0 Å². The van der Waals surface area contributed by atoms with Crippen molar-refractivity contribution in [3.63, 3.8) is 0 Å². The normalized spacial score (nSPS) is 18.4. The lowest BCUT2D eigenvalue weighted by molar-refractivity contribution is 0.212. The van der Waals surface area contributed by atoms with Gasteiger partial charge in [-0.3, -0.25) is 9.88 Å². The van der Waals surface area contributed by atoms with E-state index in [2.05, 4.69) is 38.9 Å². The van der Waals surface area contributed by atoms with Crippen molar-refractivity contribution < 1.29 is 0 Å². The zero-order chi connectivity index (χ0) is 13.0. The molecular formula is C14H22BrN3. The van der Waals surface area contributed by atoms with Crippen molar-refractivity contribution in [3.8, 4) is 0 Å². The summed E-state index contributed by atoms with van der Waals surface area (Å²) in [5, 5.41) is 0. The first-order valence-electron chi connectivity index (χ1n) is 6.71. The van der Waals surface area contributed by atoms with Gasteiger partial charge in [0.25, 0.3) is 0 Å². The second kappa shape index (κ2) is 6.64. The van der Waals surface area contributed by atoms with E-state index in [1.165, 1.54) is 31.2 Å². The van der Waals surface area contributed by atoms with Crippen LogP contribution in [0.2, 0.25) is 0 Å². The van der Waals surface area contributed by atoms with Crippen LogP contribution < -0.4 is 5.73 Å². The lowest BCUT2D eigenvalue weighted by Crippen LogP contribution is -2.33. The highest BCUT2D eigenvalue weighted by molar-refractivity contribution is 9.10. The fourth-order valence-electron chi connectivity index (χ4n) is 2.91. The van der Waals surface area contributed by atoms with E-state index in [-0.39, 0.29) is 6.04 Å². The van der Waals surface area contributed by atoms with Crippen LogP contribution in [-0.2, 0) is 0 Å². The summed E-state index contributed by atoms with van der Waals surface area (Å²) in [4.78, 5) is 6.63. The highest BCUT2D eigenvalue weighted by Gasteiger charge is 2.22. The summed E-state index contributed by atoms with van der Waals surface area (Å²) in [5.74, 6) is 0.851. The van der Waals surface area contributed by atoms with Crippen molar-refractivity contribution in [2.45, 2.75) is 31.7 Å². The Balaban J connectivity index is 2.02. The summed E-state index contributed by atoms with van der Waals surface area (Å²) < 4.78 is 1.02. The van der Waals surface area contributed by atoms with Gasteiger partial charge in [-0.05, 0) is 53.4 Å². The third kappa shape index (κ3) is 3.53. The molecule has 100 valence electrons. The Hall–Kier alpha value is -0.450. The number of aromatic nitrogens is 1. The summed E-state index contributed by atoms with van der Waals surface area (Å²) >= 11 is 3.48. The van der Waals surface area contributed by atoms with Gasteiger partial charge >= 0.3 is 0 Å². The van der Waals surface area contributed by atoms with Gasteiger partial charge in [-0.1, -0.05) is 12.8 Å². The molecule has 0 aliphatic heterocycles.